The predicted octanol–water partition coefficient (Wildman–Crippen LogP) is 2.97. The van der Waals surface area contributed by atoms with Crippen LogP contribution in [0.1, 0.15) is 37.7 Å². The second-order valence-electron chi connectivity index (χ2n) is 5.72. The molecule has 0 spiro atoms. The van der Waals surface area contributed by atoms with Crippen molar-refractivity contribution in [3.63, 3.8) is 0 Å². The Morgan fingerprint density at radius 1 is 1.43 bits per heavy atom. The van der Waals surface area contributed by atoms with Gasteiger partial charge < -0.3 is 15.2 Å². The van der Waals surface area contributed by atoms with E-state index >= 15 is 0 Å². The molecule has 3 atom stereocenters. The molecule has 0 aliphatic heterocycles. The summed E-state index contributed by atoms with van der Waals surface area (Å²) in [6.07, 6.45) is -3.47. The van der Waals surface area contributed by atoms with Gasteiger partial charge in [0.2, 0.25) is 5.91 Å². The van der Waals surface area contributed by atoms with Gasteiger partial charge in [0, 0.05) is 12.5 Å². The van der Waals surface area contributed by atoms with Crippen molar-refractivity contribution in [3.05, 3.63) is 29.8 Å². The number of nitrogens with one attached hydrogen (secondary N) is 1. The number of alkyl halides is 3. The fourth-order valence-corrected chi connectivity index (χ4v) is 2.62. The molecule has 23 heavy (non-hydrogen) atoms. The van der Waals surface area contributed by atoms with Crippen LogP contribution in [0.3, 0.4) is 0 Å². The number of aliphatic hydroxyl groups excluding tert-OH is 1. The zero-order valence-corrected chi connectivity index (χ0v) is 12.8. The van der Waals surface area contributed by atoms with E-state index in [2.05, 4.69) is 10.1 Å². The number of benzene rings is 1. The van der Waals surface area contributed by atoms with Crippen LogP contribution >= 0.6 is 0 Å². The highest BCUT2D eigenvalue weighted by Crippen LogP contribution is 2.50. The van der Waals surface area contributed by atoms with Crippen LogP contribution in [-0.2, 0) is 4.79 Å². The smallest absolute Gasteiger partial charge is 0.405 e. The van der Waals surface area contributed by atoms with E-state index in [1.165, 1.54) is 12.1 Å². The number of ether oxygens (including phenoxy) is 1. The maximum absolute atomic E-state index is 12.4. The molecule has 1 saturated carbocycles. The molecular formula is C16H20F3NO3. The fraction of sp³-hybridized carbons (Fsp3) is 0.562. The standard InChI is InChI=1S/C16H20F3NO3/c1-2-5-10(21)9-20-15(22)13-8-12(13)11-6-3-4-7-14(11)23-16(17,18)19/h3-4,6-7,10,12-13,21H,2,5,8-9H2,1H3,(H,20,22). The molecule has 1 aromatic rings. The van der Waals surface area contributed by atoms with Crippen molar-refractivity contribution in [2.45, 2.75) is 44.6 Å². The third-order valence-corrected chi connectivity index (χ3v) is 3.81. The molecule has 1 aromatic carbocycles. The lowest BCUT2D eigenvalue weighted by molar-refractivity contribution is -0.274. The third kappa shape index (κ3) is 5.13. The van der Waals surface area contributed by atoms with Gasteiger partial charge in [0.1, 0.15) is 5.75 Å². The van der Waals surface area contributed by atoms with Gasteiger partial charge in [-0.1, -0.05) is 31.5 Å². The highest BCUT2D eigenvalue weighted by atomic mass is 19.4. The lowest BCUT2D eigenvalue weighted by Gasteiger charge is -2.13. The Morgan fingerprint density at radius 2 is 2.13 bits per heavy atom. The van der Waals surface area contributed by atoms with Crippen molar-refractivity contribution in [1.29, 1.82) is 0 Å². The summed E-state index contributed by atoms with van der Waals surface area (Å²) in [6, 6.07) is 5.88. The van der Waals surface area contributed by atoms with Crippen LogP contribution in [0.15, 0.2) is 24.3 Å². The van der Waals surface area contributed by atoms with Crippen molar-refractivity contribution in [3.8, 4) is 5.75 Å². The molecule has 128 valence electrons. The number of aliphatic hydroxyl groups is 1. The Kier molecular flexibility index (Phi) is 5.51. The maximum atomic E-state index is 12.4. The number of carbonyl (C=O) groups is 1. The summed E-state index contributed by atoms with van der Waals surface area (Å²) < 4.78 is 41.3. The SMILES string of the molecule is CCCC(O)CNC(=O)C1CC1c1ccccc1OC(F)(F)F. The lowest BCUT2D eigenvalue weighted by Crippen LogP contribution is -2.33. The van der Waals surface area contributed by atoms with E-state index in [-0.39, 0.29) is 30.0 Å². The molecule has 0 aromatic heterocycles. The second kappa shape index (κ2) is 7.21. The zero-order valence-electron chi connectivity index (χ0n) is 12.8. The minimum atomic E-state index is -4.76. The first-order valence-corrected chi connectivity index (χ1v) is 7.62. The summed E-state index contributed by atoms with van der Waals surface area (Å²) in [5.41, 5.74) is 0.388. The van der Waals surface area contributed by atoms with E-state index < -0.39 is 12.5 Å². The monoisotopic (exact) mass is 331 g/mol. The van der Waals surface area contributed by atoms with E-state index in [0.717, 1.165) is 6.42 Å². The highest BCUT2D eigenvalue weighted by molar-refractivity contribution is 5.83. The summed E-state index contributed by atoms with van der Waals surface area (Å²) in [4.78, 5) is 12.0. The quantitative estimate of drug-likeness (QED) is 0.808. The number of para-hydroxylation sites is 1. The van der Waals surface area contributed by atoms with Crippen LogP contribution < -0.4 is 10.1 Å². The van der Waals surface area contributed by atoms with E-state index in [1.54, 1.807) is 12.1 Å². The van der Waals surface area contributed by atoms with Crippen LogP contribution in [0.5, 0.6) is 5.75 Å². The van der Waals surface area contributed by atoms with Gasteiger partial charge in [-0.2, -0.15) is 0 Å². The number of rotatable bonds is 7. The number of amides is 1. The Labute approximate surface area is 132 Å². The number of halogens is 3. The fourth-order valence-electron chi connectivity index (χ4n) is 2.62. The first-order chi connectivity index (χ1) is 10.8. The zero-order chi connectivity index (χ0) is 17.0. The maximum Gasteiger partial charge on any atom is 0.573 e. The van der Waals surface area contributed by atoms with Gasteiger partial charge in [0.25, 0.3) is 0 Å². The van der Waals surface area contributed by atoms with Crippen LogP contribution in [0.4, 0.5) is 13.2 Å². The first kappa shape index (κ1) is 17.6. The molecule has 0 bridgehead atoms. The average molecular weight is 331 g/mol. The summed E-state index contributed by atoms with van der Waals surface area (Å²) in [7, 11) is 0. The Bertz CT molecular complexity index is 548. The molecule has 7 heteroatoms. The largest absolute Gasteiger partial charge is 0.573 e. The minimum Gasteiger partial charge on any atom is -0.405 e. The molecule has 1 amide bonds. The van der Waals surface area contributed by atoms with Crippen molar-refractivity contribution in [2.75, 3.05) is 6.54 Å². The second-order valence-corrected chi connectivity index (χ2v) is 5.72. The minimum absolute atomic E-state index is 0.163. The van der Waals surface area contributed by atoms with Crippen LogP contribution in [0.2, 0.25) is 0 Å². The average Bonchev–Trinajstić information content (AvgIpc) is 3.24. The Hall–Kier alpha value is -1.76. The molecule has 0 heterocycles. The topological polar surface area (TPSA) is 58.6 Å². The summed E-state index contributed by atoms with van der Waals surface area (Å²) in [5, 5.41) is 12.2. The van der Waals surface area contributed by atoms with Crippen molar-refractivity contribution >= 4 is 5.91 Å². The van der Waals surface area contributed by atoms with Crippen molar-refractivity contribution < 1.29 is 27.8 Å². The van der Waals surface area contributed by atoms with Crippen LogP contribution in [0, 0.1) is 5.92 Å². The summed E-state index contributed by atoms with van der Waals surface area (Å²) >= 11 is 0. The molecule has 2 rings (SSSR count). The summed E-state index contributed by atoms with van der Waals surface area (Å²) in [6.45, 7) is 2.09. The van der Waals surface area contributed by atoms with Crippen molar-refractivity contribution in [2.24, 2.45) is 5.92 Å². The molecule has 1 fully saturated rings. The van der Waals surface area contributed by atoms with Gasteiger partial charge in [-0.3, -0.25) is 4.79 Å². The van der Waals surface area contributed by atoms with E-state index in [1.807, 2.05) is 6.92 Å². The van der Waals surface area contributed by atoms with E-state index in [0.29, 0.717) is 18.4 Å². The molecule has 3 unspecified atom stereocenters. The van der Waals surface area contributed by atoms with Gasteiger partial charge in [0.05, 0.1) is 6.10 Å². The lowest BCUT2D eigenvalue weighted by atomic mass is 10.1. The summed E-state index contributed by atoms with van der Waals surface area (Å²) in [5.74, 6) is -1.16. The molecule has 0 radical (unpaired) electrons. The number of carbonyl (C=O) groups excluding carboxylic acids is 1. The first-order valence-electron chi connectivity index (χ1n) is 7.62. The third-order valence-electron chi connectivity index (χ3n) is 3.81. The van der Waals surface area contributed by atoms with E-state index in [4.69, 9.17) is 0 Å². The number of hydrogen-bond acceptors (Lipinski definition) is 3. The highest BCUT2D eigenvalue weighted by Gasteiger charge is 2.46. The molecule has 1 aliphatic rings. The van der Waals surface area contributed by atoms with Gasteiger partial charge in [-0.15, -0.1) is 13.2 Å². The molecule has 1 aliphatic carbocycles. The van der Waals surface area contributed by atoms with Gasteiger partial charge in [-0.25, -0.2) is 0 Å². The number of hydrogen-bond donors (Lipinski definition) is 2. The van der Waals surface area contributed by atoms with Gasteiger partial charge in [0.15, 0.2) is 0 Å². The molecule has 4 nitrogen and oxygen atoms in total. The molecular weight excluding hydrogens is 311 g/mol. The van der Waals surface area contributed by atoms with Crippen molar-refractivity contribution in [1.82, 2.24) is 5.32 Å². The van der Waals surface area contributed by atoms with Gasteiger partial charge in [-0.05, 0) is 30.4 Å². The Balaban J connectivity index is 1.94. The Morgan fingerprint density at radius 3 is 2.78 bits per heavy atom. The predicted molar refractivity (Wildman–Crippen MR) is 77.9 cm³/mol. The molecule has 0 saturated heterocycles. The normalized spacial score (nSPS) is 21.6. The van der Waals surface area contributed by atoms with Crippen LogP contribution in [-0.4, -0.2) is 30.0 Å². The van der Waals surface area contributed by atoms with Crippen LogP contribution in [0.25, 0.3) is 0 Å². The van der Waals surface area contributed by atoms with E-state index in [9.17, 15) is 23.1 Å². The molecule has 2 N–H and O–H groups in total. The van der Waals surface area contributed by atoms with Gasteiger partial charge >= 0.3 is 6.36 Å².